The number of rotatable bonds is 8. The van der Waals surface area contributed by atoms with Crippen molar-refractivity contribution in [2.75, 3.05) is 13.1 Å². The molecule has 3 N–H and O–H groups in total. The van der Waals surface area contributed by atoms with E-state index in [0.717, 1.165) is 19.3 Å². The number of aliphatic carboxylic acids is 1. The van der Waals surface area contributed by atoms with Crippen LogP contribution in [0, 0.1) is 5.92 Å². The average Bonchev–Trinajstić information content (AvgIpc) is 2.23. The Morgan fingerprint density at radius 2 is 1.94 bits per heavy atom. The summed E-state index contributed by atoms with van der Waals surface area (Å²) < 4.78 is 0. The Labute approximate surface area is 96.6 Å². The van der Waals surface area contributed by atoms with Gasteiger partial charge in [-0.1, -0.05) is 26.7 Å². The number of carboxylic acid groups (broad SMARTS) is 1. The molecule has 0 saturated heterocycles. The summed E-state index contributed by atoms with van der Waals surface area (Å²) >= 11 is 0. The molecule has 2 amide bonds. The van der Waals surface area contributed by atoms with E-state index in [0.29, 0.717) is 12.5 Å². The molecule has 0 aromatic heterocycles. The van der Waals surface area contributed by atoms with Gasteiger partial charge < -0.3 is 15.7 Å². The first-order valence-corrected chi connectivity index (χ1v) is 5.83. The average molecular weight is 230 g/mol. The SMILES string of the molecule is CCCC(CC)CNC(=O)NCCC(=O)O. The Morgan fingerprint density at radius 1 is 1.25 bits per heavy atom. The summed E-state index contributed by atoms with van der Waals surface area (Å²) in [6.45, 7) is 5.05. The van der Waals surface area contributed by atoms with Gasteiger partial charge in [0, 0.05) is 13.1 Å². The van der Waals surface area contributed by atoms with Crippen LogP contribution in [0.15, 0.2) is 0 Å². The molecule has 0 rings (SSSR count). The van der Waals surface area contributed by atoms with Crippen LogP contribution in [0.5, 0.6) is 0 Å². The van der Waals surface area contributed by atoms with E-state index in [-0.39, 0.29) is 19.0 Å². The monoisotopic (exact) mass is 230 g/mol. The number of carbonyl (C=O) groups is 2. The van der Waals surface area contributed by atoms with Gasteiger partial charge in [-0.2, -0.15) is 0 Å². The van der Waals surface area contributed by atoms with Crippen LogP contribution >= 0.6 is 0 Å². The number of carboxylic acids is 1. The Kier molecular flexibility index (Phi) is 8.29. The second-order valence-electron chi connectivity index (χ2n) is 3.84. The van der Waals surface area contributed by atoms with Crippen molar-refractivity contribution in [1.82, 2.24) is 10.6 Å². The van der Waals surface area contributed by atoms with Crippen molar-refractivity contribution in [3.8, 4) is 0 Å². The predicted octanol–water partition coefficient (Wildman–Crippen LogP) is 1.59. The fraction of sp³-hybridized carbons (Fsp3) is 0.818. The number of hydrogen-bond donors (Lipinski definition) is 3. The molecule has 5 heteroatoms. The summed E-state index contributed by atoms with van der Waals surface area (Å²) in [6.07, 6.45) is 3.22. The van der Waals surface area contributed by atoms with Crippen LogP contribution in [0.4, 0.5) is 4.79 Å². The fourth-order valence-corrected chi connectivity index (χ4v) is 1.44. The zero-order chi connectivity index (χ0) is 12.4. The summed E-state index contributed by atoms with van der Waals surface area (Å²) in [4.78, 5) is 21.4. The summed E-state index contributed by atoms with van der Waals surface area (Å²) in [5.74, 6) is -0.395. The third-order valence-electron chi connectivity index (χ3n) is 2.45. The molecule has 0 saturated carbocycles. The minimum absolute atomic E-state index is 0.0421. The molecule has 0 fully saturated rings. The Bertz CT molecular complexity index is 219. The minimum Gasteiger partial charge on any atom is -0.481 e. The number of hydrogen-bond acceptors (Lipinski definition) is 2. The molecule has 1 unspecified atom stereocenters. The van der Waals surface area contributed by atoms with Crippen molar-refractivity contribution in [2.24, 2.45) is 5.92 Å². The molecule has 0 aromatic rings. The Hall–Kier alpha value is -1.26. The quantitative estimate of drug-likeness (QED) is 0.592. The predicted molar refractivity (Wildman–Crippen MR) is 62.3 cm³/mol. The topological polar surface area (TPSA) is 78.4 Å². The van der Waals surface area contributed by atoms with E-state index in [9.17, 15) is 9.59 Å². The van der Waals surface area contributed by atoms with Gasteiger partial charge >= 0.3 is 12.0 Å². The molecule has 1 atom stereocenters. The maximum absolute atomic E-state index is 11.2. The smallest absolute Gasteiger partial charge is 0.314 e. The Morgan fingerprint density at radius 3 is 2.44 bits per heavy atom. The number of urea groups is 1. The number of carbonyl (C=O) groups excluding carboxylic acids is 1. The van der Waals surface area contributed by atoms with Crippen molar-refractivity contribution >= 4 is 12.0 Å². The first kappa shape index (κ1) is 14.7. The summed E-state index contributed by atoms with van der Waals surface area (Å²) in [6, 6.07) is -0.282. The van der Waals surface area contributed by atoms with Crippen molar-refractivity contribution in [3.63, 3.8) is 0 Å². The highest BCUT2D eigenvalue weighted by Gasteiger charge is 2.07. The standard InChI is InChI=1S/C11H22N2O3/c1-3-5-9(4-2)8-13-11(16)12-7-6-10(14)15/h9H,3-8H2,1-2H3,(H,14,15)(H2,12,13,16). The van der Waals surface area contributed by atoms with Crippen LogP contribution in [0.3, 0.4) is 0 Å². The van der Waals surface area contributed by atoms with Crippen molar-refractivity contribution in [1.29, 1.82) is 0 Å². The fourth-order valence-electron chi connectivity index (χ4n) is 1.44. The molecule has 0 bridgehead atoms. The highest BCUT2D eigenvalue weighted by molar-refractivity contribution is 5.74. The zero-order valence-corrected chi connectivity index (χ0v) is 10.1. The maximum atomic E-state index is 11.2. The molecule has 0 spiro atoms. The zero-order valence-electron chi connectivity index (χ0n) is 10.1. The lowest BCUT2D eigenvalue weighted by Crippen LogP contribution is -2.39. The third-order valence-corrected chi connectivity index (χ3v) is 2.45. The van der Waals surface area contributed by atoms with Crippen LogP contribution in [-0.2, 0) is 4.79 Å². The van der Waals surface area contributed by atoms with Gasteiger partial charge in [-0.3, -0.25) is 4.79 Å². The highest BCUT2D eigenvalue weighted by Crippen LogP contribution is 2.08. The molecule has 0 aliphatic rings. The second-order valence-corrected chi connectivity index (χ2v) is 3.84. The molecule has 0 radical (unpaired) electrons. The third kappa shape index (κ3) is 8.08. The van der Waals surface area contributed by atoms with E-state index in [2.05, 4.69) is 24.5 Å². The van der Waals surface area contributed by atoms with Gasteiger partial charge in [0.05, 0.1) is 6.42 Å². The van der Waals surface area contributed by atoms with Crippen LogP contribution in [-0.4, -0.2) is 30.2 Å². The molecule has 5 nitrogen and oxygen atoms in total. The summed E-state index contributed by atoms with van der Waals surface area (Å²) in [5, 5.41) is 13.6. The summed E-state index contributed by atoms with van der Waals surface area (Å²) in [5.41, 5.74) is 0. The van der Waals surface area contributed by atoms with E-state index in [4.69, 9.17) is 5.11 Å². The van der Waals surface area contributed by atoms with Crippen molar-refractivity contribution in [2.45, 2.75) is 39.5 Å². The molecular weight excluding hydrogens is 208 g/mol. The van der Waals surface area contributed by atoms with E-state index in [1.54, 1.807) is 0 Å². The first-order valence-electron chi connectivity index (χ1n) is 5.83. The largest absolute Gasteiger partial charge is 0.481 e. The van der Waals surface area contributed by atoms with Gasteiger partial charge in [0.25, 0.3) is 0 Å². The van der Waals surface area contributed by atoms with Gasteiger partial charge in [-0.25, -0.2) is 4.79 Å². The van der Waals surface area contributed by atoms with Gasteiger partial charge in [0.1, 0.15) is 0 Å². The van der Waals surface area contributed by atoms with Crippen molar-refractivity contribution in [3.05, 3.63) is 0 Å². The molecule has 0 aliphatic carbocycles. The van der Waals surface area contributed by atoms with Gasteiger partial charge in [0.2, 0.25) is 0 Å². The summed E-state index contributed by atoms with van der Waals surface area (Å²) in [7, 11) is 0. The van der Waals surface area contributed by atoms with E-state index >= 15 is 0 Å². The van der Waals surface area contributed by atoms with E-state index in [1.807, 2.05) is 0 Å². The van der Waals surface area contributed by atoms with Crippen molar-refractivity contribution < 1.29 is 14.7 Å². The van der Waals surface area contributed by atoms with Crippen LogP contribution < -0.4 is 10.6 Å². The molecule has 0 aliphatic heterocycles. The highest BCUT2D eigenvalue weighted by atomic mass is 16.4. The molecule has 94 valence electrons. The molecular formula is C11H22N2O3. The Balaban J connectivity index is 3.58. The molecule has 0 aromatic carbocycles. The normalized spacial score (nSPS) is 11.9. The van der Waals surface area contributed by atoms with Gasteiger partial charge in [-0.05, 0) is 12.3 Å². The van der Waals surface area contributed by atoms with Crippen LogP contribution in [0.2, 0.25) is 0 Å². The number of nitrogens with one attached hydrogen (secondary N) is 2. The van der Waals surface area contributed by atoms with Crippen LogP contribution in [0.1, 0.15) is 39.5 Å². The maximum Gasteiger partial charge on any atom is 0.314 e. The molecule has 16 heavy (non-hydrogen) atoms. The van der Waals surface area contributed by atoms with E-state index < -0.39 is 5.97 Å². The minimum atomic E-state index is -0.905. The molecule has 0 heterocycles. The lowest BCUT2D eigenvalue weighted by molar-refractivity contribution is -0.136. The van der Waals surface area contributed by atoms with Gasteiger partial charge in [-0.15, -0.1) is 0 Å². The van der Waals surface area contributed by atoms with Crippen LogP contribution in [0.25, 0.3) is 0 Å². The van der Waals surface area contributed by atoms with Gasteiger partial charge in [0.15, 0.2) is 0 Å². The number of amides is 2. The van der Waals surface area contributed by atoms with E-state index in [1.165, 1.54) is 0 Å². The first-order chi connectivity index (χ1) is 7.60. The lowest BCUT2D eigenvalue weighted by Gasteiger charge is -2.14. The second kappa shape index (κ2) is 9.00. The lowest BCUT2D eigenvalue weighted by atomic mass is 10.0.